The Hall–Kier alpha value is -0.160. The van der Waals surface area contributed by atoms with Crippen LogP contribution in [0.5, 0.6) is 0 Å². The Balaban J connectivity index is 2.26. The van der Waals surface area contributed by atoms with E-state index in [0.717, 1.165) is 26.0 Å². The second kappa shape index (κ2) is 9.72. The van der Waals surface area contributed by atoms with E-state index in [-0.39, 0.29) is 0 Å². The summed E-state index contributed by atoms with van der Waals surface area (Å²) in [4.78, 5) is 2.59. The molecule has 0 aliphatic carbocycles. The second-order valence-corrected chi connectivity index (χ2v) is 6.44. The third kappa shape index (κ3) is 6.53. The topological polar surface area (TPSA) is 33.7 Å². The summed E-state index contributed by atoms with van der Waals surface area (Å²) in [5, 5.41) is 3.47. The van der Waals surface area contributed by atoms with E-state index < -0.39 is 0 Å². The van der Waals surface area contributed by atoms with Gasteiger partial charge in [-0.2, -0.15) is 0 Å². The number of nitrogens with one attached hydrogen (secondary N) is 1. The normalized spacial score (nSPS) is 23.4. The van der Waals surface area contributed by atoms with Gasteiger partial charge in [0.2, 0.25) is 0 Å². The Kier molecular flexibility index (Phi) is 8.69. The fraction of sp³-hybridized carbons (Fsp3) is 1.00. The molecular weight excluding hydrogens is 252 g/mol. The predicted octanol–water partition coefficient (Wildman–Crippen LogP) is 2.14. The molecule has 0 aromatic heterocycles. The average molecular weight is 286 g/mol. The van der Waals surface area contributed by atoms with Crippen LogP contribution in [0.4, 0.5) is 0 Å². The lowest BCUT2D eigenvalue weighted by Crippen LogP contribution is -2.36. The van der Waals surface area contributed by atoms with Gasteiger partial charge >= 0.3 is 0 Å². The molecule has 1 heterocycles. The zero-order chi connectivity index (χ0) is 15.0. The lowest BCUT2D eigenvalue weighted by atomic mass is 10.1. The van der Waals surface area contributed by atoms with Gasteiger partial charge in [0.25, 0.3) is 0 Å². The molecule has 0 aromatic carbocycles. The van der Waals surface area contributed by atoms with Crippen LogP contribution in [-0.2, 0) is 9.47 Å². The van der Waals surface area contributed by atoms with E-state index in [1.165, 1.54) is 19.5 Å². The fourth-order valence-electron chi connectivity index (χ4n) is 3.03. The van der Waals surface area contributed by atoms with Crippen LogP contribution in [0.3, 0.4) is 0 Å². The number of rotatable bonds is 10. The van der Waals surface area contributed by atoms with E-state index in [4.69, 9.17) is 9.47 Å². The minimum Gasteiger partial charge on any atom is -0.384 e. The van der Waals surface area contributed by atoms with Crippen molar-refractivity contribution in [3.8, 4) is 0 Å². The van der Waals surface area contributed by atoms with Crippen molar-refractivity contribution in [2.24, 2.45) is 5.92 Å². The molecule has 1 aliphatic rings. The van der Waals surface area contributed by atoms with E-state index in [0.29, 0.717) is 24.1 Å². The highest BCUT2D eigenvalue weighted by Gasteiger charge is 2.27. The zero-order valence-electron chi connectivity index (χ0n) is 14.0. The molecule has 4 nitrogen and oxygen atoms in total. The molecule has 3 atom stereocenters. The summed E-state index contributed by atoms with van der Waals surface area (Å²) in [7, 11) is 3.64. The van der Waals surface area contributed by atoms with Gasteiger partial charge in [-0.05, 0) is 45.2 Å². The molecule has 0 radical (unpaired) electrons. The van der Waals surface area contributed by atoms with Crippen molar-refractivity contribution in [2.45, 2.75) is 58.2 Å². The molecule has 0 saturated carbocycles. The Labute approximate surface area is 125 Å². The molecule has 1 fully saturated rings. The maximum absolute atomic E-state index is 5.65. The summed E-state index contributed by atoms with van der Waals surface area (Å²) in [5.41, 5.74) is 0. The lowest BCUT2D eigenvalue weighted by molar-refractivity contribution is 0.0610. The summed E-state index contributed by atoms with van der Waals surface area (Å²) in [6.45, 7) is 11.0. The van der Waals surface area contributed by atoms with E-state index in [1.54, 1.807) is 7.11 Å². The summed E-state index contributed by atoms with van der Waals surface area (Å²) >= 11 is 0. The highest BCUT2D eigenvalue weighted by atomic mass is 16.5. The first-order valence-electron chi connectivity index (χ1n) is 8.06. The van der Waals surface area contributed by atoms with Crippen LogP contribution < -0.4 is 5.32 Å². The largest absolute Gasteiger partial charge is 0.384 e. The van der Waals surface area contributed by atoms with Crippen molar-refractivity contribution in [2.75, 3.05) is 40.5 Å². The third-order valence-electron chi connectivity index (χ3n) is 4.30. The van der Waals surface area contributed by atoms with Crippen LogP contribution in [0.2, 0.25) is 0 Å². The summed E-state index contributed by atoms with van der Waals surface area (Å²) in [6.07, 6.45) is 3.84. The van der Waals surface area contributed by atoms with Crippen LogP contribution in [0.25, 0.3) is 0 Å². The minimum absolute atomic E-state index is 0.359. The van der Waals surface area contributed by atoms with E-state index in [1.807, 2.05) is 7.11 Å². The number of hydrogen-bond acceptors (Lipinski definition) is 4. The molecule has 4 heteroatoms. The number of hydrogen-bond donors (Lipinski definition) is 1. The van der Waals surface area contributed by atoms with E-state index >= 15 is 0 Å². The first-order chi connectivity index (χ1) is 9.56. The Morgan fingerprint density at radius 2 is 2.00 bits per heavy atom. The van der Waals surface area contributed by atoms with Crippen molar-refractivity contribution < 1.29 is 9.47 Å². The van der Waals surface area contributed by atoms with Gasteiger partial charge in [-0.1, -0.05) is 13.8 Å². The molecule has 1 rings (SSSR count). The maximum atomic E-state index is 5.65. The minimum atomic E-state index is 0.359. The van der Waals surface area contributed by atoms with Crippen LogP contribution in [0, 0.1) is 5.92 Å². The SMILES string of the molecule is COCC1CCN(C(C)CC(CCNC(C)C)OC)C1. The van der Waals surface area contributed by atoms with Crippen LogP contribution in [0.15, 0.2) is 0 Å². The van der Waals surface area contributed by atoms with Gasteiger partial charge in [0.15, 0.2) is 0 Å². The van der Waals surface area contributed by atoms with Gasteiger partial charge in [0, 0.05) is 32.8 Å². The quantitative estimate of drug-likeness (QED) is 0.667. The summed E-state index contributed by atoms with van der Waals surface area (Å²) in [6, 6.07) is 1.15. The molecule has 3 unspecified atom stereocenters. The van der Waals surface area contributed by atoms with Crippen molar-refractivity contribution in [1.82, 2.24) is 10.2 Å². The number of nitrogens with zero attached hydrogens (tertiary/aromatic N) is 1. The van der Waals surface area contributed by atoms with Crippen LogP contribution >= 0.6 is 0 Å². The first-order valence-corrected chi connectivity index (χ1v) is 8.06. The van der Waals surface area contributed by atoms with Crippen LogP contribution in [-0.4, -0.2) is 63.5 Å². The maximum Gasteiger partial charge on any atom is 0.0598 e. The standard InChI is InChI=1S/C16H34N2O2/c1-13(2)17-8-6-16(20-5)10-14(3)18-9-7-15(11-18)12-19-4/h13-17H,6-12H2,1-5H3. The number of likely N-dealkylation sites (tertiary alicyclic amines) is 1. The van der Waals surface area contributed by atoms with Gasteiger partial charge < -0.3 is 19.7 Å². The van der Waals surface area contributed by atoms with E-state index in [2.05, 4.69) is 31.0 Å². The highest BCUT2D eigenvalue weighted by molar-refractivity contribution is 4.81. The molecule has 120 valence electrons. The van der Waals surface area contributed by atoms with Gasteiger partial charge in [-0.25, -0.2) is 0 Å². The molecule has 0 amide bonds. The van der Waals surface area contributed by atoms with Gasteiger partial charge in [-0.15, -0.1) is 0 Å². The molecule has 0 bridgehead atoms. The zero-order valence-corrected chi connectivity index (χ0v) is 14.0. The van der Waals surface area contributed by atoms with Crippen molar-refractivity contribution in [3.05, 3.63) is 0 Å². The first kappa shape index (κ1) is 17.9. The number of methoxy groups -OCH3 is 2. The Bertz CT molecular complexity index is 249. The molecule has 0 aromatic rings. The lowest BCUT2D eigenvalue weighted by Gasteiger charge is -2.28. The van der Waals surface area contributed by atoms with Crippen LogP contribution in [0.1, 0.15) is 40.0 Å². The molecule has 20 heavy (non-hydrogen) atoms. The van der Waals surface area contributed by atoms with Crippen molar-refractivity contribution >= 4 is 0 Å². The molecule has 1 saturated heterocycles. The molecule has 0 spiro atoms. The predicted molar refractivity (Wildman–Crippen MR) is 84.2 cm³/mol. The summed E-state index contributed by atoms with van der Waals surface area (Å²) < 4.78 is 10.9. The molecule has 1 aliphatic heterocycles. The Morgan fingerprint density at radius 1 is 1.25 bits per heavy atom. The van der Waals surface area contributed by atoms with Gasteiger partial charge in [0.1, 0.15) is 0 Å². The highest BCUT2D eigenvalue weighted by Crippen LogP contribution is 2.21. The molecular formula is C16H34N2O2. The van der Waals surface area contributed by atoms with E-state index in [9.17, 15) is 0 Å². The summed E-state index contributed by atoms with van der Waals surface area (Å²) in [5.74, 6) is 0.714. The van der Waals surface area contributed by atoms with Gasteiger partial charge in [-0.3, -0.25) is 0 Å². The second-order valence-electron chi connectivity index (χ2n) is 6.44. The van der Waals surface area contributed by atoms with Gasteiger partial charge in [0.05, 0.1) is 12.7 Å². The Morgan fingerprint density at radius 3 is 2.60 bits per heavy atom. The average Bonchev–Trinajstić information content (AvgIpc) is 2.86. The van der Waals surface area contributed by atoms with Crippen molar-refractivity contribution in [1.29, 1.82) is 0 Å². The third-order valence-corrected chi connectivity index (χ3v) is 4.30. The number of ether oxygens (including phenoxy) is 2. The molecule has 1 N–H and O–H groups in total. The smallest absolute Gasteiger partial charge is 0.0598 e. The fourth-order valence-corrected chi connectivity index (χ4v) is 3.03. The monoisotopic (exact) mass is 286 g/mol. The van der Waals surface area contributed by atoms with Crippen molar-refractivity contribution in [3.63, 3.8) is 0 Å².